The van der Waals surface area contributed by atoms with E-state index in [0.717, 1.165) is 17.3 Å². The maximum absolute atomic E-state index is 12.8. The smallest absolute Gasteiger partial charge is 0.366 e. The fourth-order valence-electron chi connectivity index (χ4n) is 1.80. The van der Waals surface area contributed by atoms with Gasteiger partial charge in [-0.25, -0.2) is 4.98 Å². The van der Waals surface area contributed by atoms with Crippen LogP contribution in [0.15, 0.2) is 12.3 Å². The van der Waals surface area contributed by atoms with Crippen molar-refractivity contribution in [1.82, 2.24) is 19.7 Å². The lowest BCUT2D eigenvalue weighted by molar-refractivity contribution is -0.141. The number of hydrogen-bond donors (Lipinski definition) is 2. The Morgan fingerprint density at radius 2 is 2.00 bits per heavy atom. The van der Waals surface area contributed by atoms with Crippen LogP contribution in [0.25, 0.3) is 0 Å². The van der Waals surface area contributed by atoms with Crippen molar-refractivity contribution in [3.05, 3.63) is 29.2 Å². The third-order valence-corrected chi connectivity index (χ3v) is 2.82. The average Bonchev–Trinajstić information content (AvgIpc) is 2.73. The van der Waals surface area contributed by atoms with Gasteiger partial charge < -0.3 is 10.6 Å². The van der Waals surface area contributed by atoms with E-state index >= 15 is 0 Å². The summed E-state index contributed by atoms with van der Waals surface area (Å²) in [6.45, 7) is 2.16. The van der Waals surface area contributed by atoms with Crippen LogP contribution in [0.1, 0.15) is 17.0 Å². The number of halogens is 3. The number of rotatable bonds is 4. The van der Waals surface area contributed by atoms with Crippen LogP contribution in [0.3, 0.4) is 0 Å². The molecule has 0 bridgehead atoms. The molecule has 0 fully saturated rings. The highest BCUT2D eigenvalue weighted by Crippen LogP contribution is 2.29. The first-order valence-electron chi connectivity index (χ1n) is 6.16. The average molecular weight is 300 g/mol. The van der Waals surface area contributed by atoms with E-state index in [2.05, 4.69) is 25.7 Å². The van der Waals surface area contributed by atoms with Crippen LogP contribution in [0.4, 0.5) is 24.9 Å². The van der Waals surface area contributed by atoms with E-state index in [9.17, 15) is 13.2 Å². The second-order valence-corrected chi connectivity index (χ2v) is 4.48. The molecule has 0 spiro atoms. The van der Waals surface area contributed by atoms with Gasteiger partial charge in [-0.1, -0.05) is 0 Å². The molecular formula is C12H15F3N6. The van der Waals surface area contributed by atoms with Crippen molar-refractivity contribution >= 4 is 11.8 Å². The molecule has 0 aliphatic carbocycles. The summed E-state index contributed by atoms with van der Waals surface area (Å²) < 4.78 is 39.9. The second-order valence-electron chi connectivity index (χ2n) is 4.48. The highest BCUT2D eigenvalue weighted by molar-refractivity contribution is 5.43. The van der Waals surface area contributed by atoms with Gasteiger partial charge in [0.25, 0.3) is 0 Å². The number of nitrogens with zero attached hydrogens (tertiary/aromatic N) is 4. The Balaban J connectivity index is 2.21. The molecule has 9 heteroatoms. The summed E-state index contributed by atoms with van der Waals surface area (Å²) in [6.07, 6.45) is -2.72. The fourth-order valence-corrected chi connectivity index (χ4v) is 1.80. The Hall–Kier alpha value is -2.32. The van der Waals surface area contributed by atoms with Crippen LogP contribution in [-0.2, 0) is 19.8 Å². The Morgan fingerprint density at radius 3 is 2.52 bits per heavy atom. The first kappa shape index (κ1) is 15.1. The molecule has 0 atom stereocenters. The van der Waals surface area contributed by atoms with Gasteiger partial charge >= 0.3 is 6.18 Å². The topological polar surface area (TPSA) is 67.7 Å². The molecular weight excluding hydrogens is 285 g/mol. The molecule has 2 aromatic rings. The number of nitrogens with one attached hydrogen (secondary N) is 2. The maximum atomic E-state index is 12.8. The lowest BCUT2D eigenvalue weighted by Crippen LogP contribution is -2.13. The molecule has 0 saturated carbocycles. The van der Waals surface area contributed by atoms with Crippen molar-refractivity contribution in [2.24, 2.45) is 7.05 Å². The van der Waals surface area contributed by atoms with Crippen LogP contribution in [0.5, 0.6) is 0 Å². The summed E-state index contributed by atoms with van der Waals surface area (Å²) in [6, 6.07) is 0.881. The molecule has 0 aliphatic heterocycles. The lowest BCUT2D eigenvalue weighted by atomic mass is 10.2. The van der Waals surface area contributed by atoms with Gasteiger partial charge in [-0.15, -0.1) is 0 Å². The van der Waals surface area contributed by atoms with E-state index in [0.29, 0.717) is 6.54 Å². The van der Waals surface area contributed by atoms with Crippen LogP contribution in [-0.4, -0.2) is 26.8 Å². The normalized spacial score (nSPS) is 11.5. The Labute approximate surface area is 119 Å². The van der Waals surface area contributed by atoms with Crippen LogP contribution in [0.2, 0.25) is 0 Å². The standard InChI is InChI=1S/C12H15F3N6/c1-7-8(6-21(3)20-7)5-17-10-4-9(12(13,14)15)18-11(16-2)19-10/h4,6H,5H2,1-3H3,(H2,16,17,18,19). The molecule has 0 aliphatic rings. The van der Waals surface area contributed by atoms with Gasteiger partial charge in [0, 0.05) is 38.5 Å². The van der Waals surface area contributed by atoms with Crippen LogP contribution >= 0.6 is 0 Å². The van der Waals surface area contributed by atoms with Gasteiger partial charge in [0.15, 0.2) is 5.69 Å². The Bertz CT molecular complexity index is 634. The molecule has 2 heterocycles. The van der Waals surface area contributed by atoms with E-state index in [1.54, 1.807) is 17.9 Å². The van der Waals surface area contributed by atoms with Gasteiger partial charge in [-0.2, -0.15) is 23.3 Å². The summed E-state index contributed by atoms with van der Waals surface area (Å²) in [7, 11) is 3.24. The highest BCUT2D eigenvalue weighted by Gasteiger charge is 2.33. The minimum atomic E-state index is -4.52. The second kappa shape index (κ2) is 5.58. The summed E-state index contributed by atoms with van der Waals surface area (Å²) in [4.78, 5) is 7.35. The predicted octanol–water partition coefficient (Wildman–Crippen LogP) is 2.19. The lowest BCUT2D eigenvalue weighted by Gasteiger charge is -2.11. The van der Waals surface area contributed by atoms with Crippen molar-refractivity contribution in [2.45, 2.75) is 19.6 Å². The van der Waals surface area contributed by atoms with Crippen molar-refractivity contribution in [2.75, 3.05) is 17.7 Å². The first-order chi connectivity index (χ1) is 9.79. The van der Waals surface area contributed by atoms with Gasteiger partial charge in [-0.3, -0.25) is 4.68 Å². The summed E-state index contributed by atoms with van der Waals surface area (Å²) in [5, 5.41) is 9.54. The van der Waals surface area contributed by atoms with Crippen LogP contribution < -0.4 is 10.6 Å². The number of hydrogen-bond acceptors (Lipinski definition) is 5. The molecule has 2 N–H and O–H groups in total. The molecule has 2 rings (SSSR count). The molecule has 0 unspecified atom stereocenters. The molecule has 21 heavy (non-hydrogen) atoms. The van der Waals surface area contributed by atoms with Crippen LogP contribution in [0, 0.1) is 6.92 Å². The van der Waals surface area contributed by atoms with Crippen molar-refractivity contribution in [1.29, 1.82) is 0 Å². The van der Waals surface area contributed by atoms with Crippen molar-refractivity contribution in [3.63, 3.8) is 0 Å². The van der Waals surface area contributed by atoms with E-state index in [-0.39, 0.29) is 11.8 Å². The predicted molar refractivity (Wildman–Crippen MR) is 71.9 cm³/mol. The molecule has 0 radical (unpaired) electrons. The monoisotopic (exact) mass is 300 g/mol. The molecule has 6 nitrogen and oxygen atoms in total. The number of aryl methyl sites for hydroxylation is 2. The zero-order valence-electron chi connectivity index (χ0n) is 11.8. The zero-order valence-corrected chi connectivity index (χ0v) is 11.8. The summed E-state index contributed by atoms with van der Waals surface area (Å²) in [5.74, 6) is 0.0140. The summed E-state index contributed by atoms with van der Waals surface area (Å²) >= 11 is 0. The largest absolute Gasteiger partial charge is 0.433 e. The van der Waals surface area contributed by atoms with Gasteiger partial charge in [0.2, 0.25) is 5.95 Å². The van der Waals surface area contributed by atoms with Gasteiger partial charge in [0.1, 0.15) is 5.82 Å². The first-order valence-corrected chi connectivity index (χ1v) is 6.16. The molecule has 114 valence electrons. The zero-order chi connectivity index (χ0) is 15.6. The van der Waals surface area contributed by atoms with E-state index in [1.165, 1.54) is 7.05 Å². The number of anilines is 2. The fraction of sp³-hybridized carbons (Fsp3) is 0.417. The van der Waals surface area contributed by atoms with E-state index in [1.807, 2.05) is 6.92 Å². The van der Waals surface area contributed by atoms with Crippen molar-refractivity contribution < 1.29 is 13.2 Å². The highest BCUT2D eigenvalue weighted by atomic mass is 19.4. The third-order valence-electron chi connectivity index (χ3n) is 2.82. The SMILES string of the molecule is CNc1nc(NCc2cn(C)nc2C)cc(C(F)(F)F)n1. The minimum absolute atomic E-state index is 0.0877. The summed E-state index contributed by atoms with van der Waals surface area (Å²) in [5.41, 5.74) is 0.701. The molecule has 0 amide bonds. The van der Waals surface area contributed by atoms with E-state index < -0.39 is 11.9 Å². The Morgan fingerprint density at radius 1 is 1.29 bits per heavy atom. The van der Waals surface area contributed by atoms with E-state index in [4.69, 9.17) is 0 Å². The molecule has 0 aromatic carbocycles. The molecule has 0 saturated heterocycles. The minimum Gasteiger partial charge on any atom is -0.366 e. The quantitative estimate of drug-likeness (QED) is 0.906. The number of alkyl halides is 3. The Kier molecular flexibility index (Phi) is 4.01. The maximum Gasteiger partial charge on any atom is 0.433 e. The number of aromatic nitrogens is 4. The van der Waals surface area contributed by atoms with Gasteiger partial charge in [0.05, 0.1) is 5.69 Å². The molecule has 2 aromatic heterocycles. The third kappa shape index (κ3) is 3.61. The van der Waals surface area contributed by atoms with Gasteiger partial charge in [-0.05, 0) is 6.92 Å². The van der Waals surface area contributed by atoms with Crippen molar-refractivity contribution in [3.8, 4) is 0 Å².